The van der Waals surface area contributed by atoms with E-state index in [0.29, 0.717) is 24.4 Å². The zero-order valence-corrected chi connectivity index (χ0v) is 13.6. The normalized spacial score (nSPS) is 10.8. The summed E-state index contributed by atoms with van der Waals surface area (Å²) in [4.78, 5) is 25.8. The number of nitrogens with one attached hydrogen (secondary N) is 2. The summed E-state index contributed by atoms with van der Waals surface area (Å²) in [5, 5.41) is 16.7. The number of esters is 1. The van der Waals surface area contributed by atoms with Gasteiger partial charge in [0.05, 0.1) is 17.1 Å². The molecule has 1 aromatic carbocycles. The molecule has 0 unspecified atom stereocenters. The van der Waals surface area contributed by atoms with Gasteiger partial charge in [-0.25, -0.2) is 4.79 Å². The number of pyridine rings is 1. The molecular formula is C17H18N4O4. The van der Waals surface area contributed by atoms with Gasteiger partial charge in [0.15, 0.2) is 5.82 Å². The van der Waals surface area contributed by atoms with Crippen LogP contribution in [0.3, 0.4) is 0 Å². The molecule has 0 aliphatic heterocycles. The van der Waals surface area contributed by atoms with Gasteiger partial charge in [0.1, 0.15) is 0 Å². The highest BCUT2D eigenvalue weighted by Crippen LogP contribution is 2.12. The van der Waals surface area contributed by atoms with E-state index in [1.165, 1.54) is 0 Å². The number of ether oxygens (including phenoxy) is 1. The lowest BCUT2D eigenvalue weighted by atomic mass is 10.2. The van der Waals surface area contributed by atoms with Crippen molar-refractivity contribution >= 4 is 11.7 Å². The Bertz CT molecular complexity index is 745. The van der Waals surface area contributed by atoms with Crippen molar-refractivity contribution in [2.75, 3.05) is 11.9 Å². The number of nitrogens with zero attached hydrogens (tertiary/aromatic N) is 2. The Kier molecular flexibility index (Phi) is 6.47. The van der Waals surface area contributed by atoms with Crippen molar-refractivity contribution in [3.8, 4) is 0 Å². The van der Waals surface area contributed by atoms with Crippen molar-refractivity contribution in [2.24, 2.45) is 0 Å². The van der Waals surface area contributed by atoms with Gasteiger partial charge in [-0.2, -0.15) is 0 Å². The third-order valence-corrected chi connectivity index (χ3v) is 3.14. The van der Waals surface area contributed by atoms with Crippen LogP contribution in [0.4, 0.5) is 5.69 Å². The second kappa shape index (κ2) is 9.02. The van der Waals surface area contributed by atoms with E-state index in [1.54, 1.807) is 43.6 Å². The van der Waals surface area contributed by atoms with Gasteiger partial charge >= 0.3 is 5.97 Å². The summed E-state index contributed by atoms with van der Waals surface area (Å²) in [5.74, 6) is -0.184. The van der Waals surface area contributed by atoms with Crippen molar-refractivity contribution in [3.63, 3.8) is 0 Å². The largest absolute Gasteiger partial charge is 0.462 e. The molecule has 2 aromatic rings. The zero-order chi connectivity index (χ0) is 18.1. The van der Waals surface area contributed by atoms with E-state index in [4.69, 9.17) is 4.74 Å². The van der Waals surface area contributed by atoms with Crippen LogP contribution in [0.1, 0.15) is 22.8 Å². The van der Waals surface area contributed by atoms with E-state index in [1.807, 2.05) is 12.1 Å². The molecular weight excluding hydrogens is 324 g/mol. The molecule has 0 amide bonds. The fourth-order valence-electron chi connectivity index (χ4n) is 1.99. The van der Waals surface area contributed by atoms with Crippen LogP contribution in [-0.2, 0) is 11.3 Å². The van der Waals surface area contributed by atoms with Crippen molar-refractivity contribution in [1.29, 1.82) is 0 Å². The van der Waals surface area contributed by atoms with Gasteiger partial charge in [-0.1, -0.05) is 0 Å². The van der Waals surface area contributed by atoms with Gasteiger partial charge in [0.2, 0.25) is 0 Å². The number of carbonyl (C=O) groups excluding carboxylic acids is 1. The minimum atomic E-state index is -0.547. The van der Waals surface area contributed by atoms with E-state index in [2.05, 4.69) is 15.6 Å². The summed E-state index contributed by atoms with van der Waals surface area (Å²) in [6.45, 7) is 2.43. The van der Waals surface area contributed by atoms with E-state index < -0.39 is 10.9 Å². The minimum Gasteiger partial charge on any atom is -0.462 e. The molecule has 0 fully saturated rings. The predicted molar refractivity (Wildman–Crippen MR) is 92.2 cm³/mol. The lowest BCUT2D eigenvalue weighted by Crippen LogP contribution is -2.20. The molecule has 2 rings (SSSR count). The number of nitro groups is 1. The lowest BCUT2D eigenvalue weighted by Gasteiger charge is -2.12. The van der Waals surface area contributed by atoms with Crippen LogP contribution in [0, 0.1) is 10.1 Å². The summed E-state index contributed by atoms with van der Waals surface area (Å²) >= 11 is 0. The quantitative estimate of drug-likeness (QED) is 0.431. The van der Waals surface area contributed by atoms with Gasteiger partial charge in [0, 0.05) is 24.6 Å². The maximum atomic E-state index is 11.6. The van der Waals surface area contributed by atoms with Crippen LogP contribution >= 0.6 is 0 Å². The Hall–Kier alpha value is -3.42. The van der Waals surface area contributed by atoms with Crippen LogP contribution in [0.2, 0.25) is 0 Å². The molecule has 0 radical (unpaired) electrons. The molecule has 0 saturated carbocycles. The topological polar surface area (TPSA) is 106 Å². The van der Waals surface area contributed by atoms with Gasteiger partial charge in [-0.3, -0.25) is 15.1 Å². The van der Waals surface area contributed by atoms with Crippen LogP contribution < -0.4 is 10.6 Å². The van der Waals surface area contributed by atoms with E-state index >= 15 is 0 Å². The van der Waals surface area contributed by atoms with Crippen LogP contribution in [0.25, 0.3) is 0 Å². The molecule has 1 aromatic heterocycles. The maximum Gasteiger partial charge on any atom is 0.338 e. The van der Waals surface area contributed by atoms with Gasteiger partial charge in [-0.05, 0) is 48.9 Å². The molecule has 8 heteroatoms. The van der Waals surface area contributed by atoms with Crippen molar-refractivity contribution in [3.05, 3.63) is 82.1 Å². The Morgan fingerprint density at radius 3 is 2.52 bits per heavy atom. The molecule has 8 nitrogen and oxygen atoms in total. The first-order valence-corrected chi connectivity index (χ1v) is 7.60. The average Bonchev–Trinajstić information content (AvgIpc) is 2.61. The van der Waals surface area contributed by atoms with Gasteiger partial charge in [0.25, 0.3) is 6.20 Å². The highest BCUT2D eigenvalue weighted by atomic mass is 16.6. The second-order valence-corrected chi connectivity index (χ2v) is 4.96. The number of carbonyl (C=O) groups is 1. The molecule has 1 heterocycles. The number of hydrogen-bond acceptors (Lipinski definition) is 7. The maximum absolute atomic E-state index is 11.6. The summed E-state index contributed by atoms with van der Waals surface area (Å²) in [5.41, 5.74) is 1.95. The van der Waals surface area contributed by atoms with E-state index in [0.717, 1.165) is 11.8 Å². The first-order chi connectivity index (χ1) is 12.1. The van der Waals surface area contributed by atoms with Crippen LogP contribution in [0.5, 0.6) is 0 Å². The Balaban J connectivity index is 2.04. The van der Waals surface area contributed by atoms with Crippen LogP contribution in [-0.4, -0.2) is 22.5 Å². The number of aromatic nitrogens is 1. The third kappa shape index (κ3) is 5.94. The lowest BCUT2D eigenvalue weighted by molar-refractivity contribution is -0.403. The predicted octanol–water partition coefficient (Wildman–Crippen LogP) is 2.54. The Morgan fingerprint density at radius 1 is 1.24 bits per heavy atom. The molecule has 0 aliphatic carbocycles. The highest BCUT2D eigenvalue weighted by molar-refractivity contribution is 5.89. The molecule has 0 aliphatic rings. The summed E-state index contributed by atoms with van der Waals surface area (Å²) in [6.07, 6.45) is 4.14. The number of anilines is 1. The Labute approximate surface area is 144 Å². The SMILES string of the molecule is CCOC(=O)c1ccc(N/C(=C/[N+](=O)[O-])NCc2ccncc2)cc1. The van der Waals surface area contributed by atoms with Crippen molar-refractivity contribution in [2.45, 2.75) is 13.5 Å². The Morgan fingerprint density at radius 2 is 1.92 bits per heavy atom. The monoisotopic (exact) mass is 342 g/mol. The number of hydrogen-bond donors (Lipinski definition) is 2. The third-order valence-electron chi connectivity index (χ3n) is 3.14. The van der Waals surface area contributed by atoms with Gasteiger partial charge in [-0.15, -0.1) is 0 Å². The van der Waals surface area contributed by atoms with E-state index in [-0.39, 0.29) is 5.82 Å². The number of rotatable bonds is 8. The smallest absolute Gasteiger partial charge is 0.338 e. The molecule has 0 saturated heterocycles. The summed E-state index contributed by atoms with van der Waals surface area (Å²) in [6, 6.07) is 10.1. The number of benzene rings is 1. The van der Waals surface area contributed by atoms with Gasteiger partial charge < -0.3 is 15.4 Å². The molecule has 0 atom stereocenters. The minimum absolute atomic E-state index is 0.227. The molecule has 2 N–H and O–H groups in total. The second-order valence-electron chi connectivity index (χ2n) is 4.96. The molecule has 130 valence electrons. The first kappa shape index (κ1) is 17.9. The highest BCUT2D eigenvalue weighted by Gasteiger charge is 2.08. The van der Waals surface area contributed by atoms with E-state index in [9.17, 15) is 14.9 Å². The standard InChI is InChI=1S/C17H18N4O4/c1-2-25-17(22)14-3-5-15(6-4-14)20-16(12-21(23)24)19-11-13-7-9-18-10-8-13/h3-10,12,19-20H,2,11H2,1H3/b16-12+. The van der Waals surface area contributed by atoms with Crippen molar-refractivity contribution < 1.29 is 14.5 Å². The van der Waals surface area contributed by atoms with Crippen molar-refractivity contribution in [1.82, 2.24) is 10.3 Å². The molecule has 25 heavy (non-hydrogen) atoms. The van der Waals surface area contributed by atoms with Crippen LogP contribution in [0.15, 0.2) is 60.8 Å². The summed E-state index contributed by atoms with van der Waals surface area (Å²) < 4.78 is 4.91. The zero-order valence-electron chi connectivity index (χ0n) is 13.6. The molecule has 0 spiro atoms. The average molecular weight is 342 g/mol. The fourth-order valence-corrected chi connectivity index (χ4v) is 1.99. The molecule has 0 bridgehead atoms. The fraction of sp³-hybridized carbons (Fsp3) is 0.176. The first-order valence-electron chi connectivity index (χ1n) is 7.60. The summed E-state index contributed by atoms with van der Waals surface area (Å²) in [7, 11) is 0.